The predicted octanol–water partition coefficient (Wildman–Crippen LogP) is 5.01. The highest BCUT2D eigenvalue weighted by molar-refractivity contribution is 6.09. The highest BCUT2D eigenvalue weighted by Gasteiger charge is 2.25. The van der Waals surface area contributed by atoms with E-state index in [2.05, 4.69) is 16.4 Å². The van der Waals surface area contributed by atoms with E-state index < -0.39 is 0 Å². The quantitative estimate of drug-likeness (QED) is 0.487. The van der Waals surface area contributed by atoms with Gasteiger partial charge < -0.3 is 15.0 Å². The van der Waals surface area contributed by atoms with Crippen LogP contribution in [0, 0.1) is 6.92 Å². The molecule has 0 spiro atoms. The maximum Gasteiger partial charge on any atom is 0.258 e. The molecule has 0 atom stereocenters. The Morgan fingerprint density at radius 3 is 2.58 bits per heavy atom. The molecule has 1 aliphatic heterocycles. The van der Waals surface area contributed by atoms with Crippen molar-refractivity contribution in [2.75, 3.05) is 23.9 Å². The molecule has 164 valence electrons. The van der Waals surface area contributed by atoms with E-state index in [1.165, 1.54) is 5.56 Å². The number of rotatable bonds is 4. The van der Waals surface area contributed by atoms with E-state index in [9.17, 15) is 9.59 Å². The summed E-state index contributed by atoms with van der Waals surface area (Å²) >= 11 is 0. The molecule has 0 fully saturated rings. The van der Waals surface area contributed by atoms with Crippen LogP contribution >= 0.6 is 0 Å². The molecule has 6 nitrogen and oxygen atoms in total. The van der Waals surface area contributed by atoms with Gasteiger partial charge in [-0.15, -0.1) is 0 Å². The Hall–Kier alpha value is -4.19. The highest BCUT2D eigenvalue weighted by Crippen LogP contribution is 2.29. The number of nitrogens with one attached hydrogen (secondary N) is 1. The first-order valence-electron chi connectivity index (χ1n) is 10.8. The smallest absolute Gasteiger partial charge is 0.258 e. The van der Waals surface area contributed by atoms with Crippen LogP contribution in [0.15, 0.2) is 72.8 Å². The summed E-state index contributed by atoms with van der Waals surface area (Å²) in [5.74, 6) is 0.437. The van der Waals surface area contributed by atoms with E-state index in [-0.39, 0.29) is 11.8 Å². The van der Waals surface area contributed by atoms with Crippen LogP contribution in [0.25, 0.3) is 10.9 Å². The van der Waals surface area contributed by atoms with Crippen molar-refractivity contribution < 1.29 is 14.3 Å². The fraction of sp³-hybridized carbons (Fsp3) is 0.148. The second-order valence-corrected chi connectivity index (χ2v) is 8.05. The maximum atomic E-state index is 13.0. The average molecular weight is 437 g/mol. The molecule has 0 saturated carbocycles. The number of amides is 2. The zero-order valence-corrected chi connectivity index (χ0v) is 18.5. The van der Waals surface area contributed by atoms with Crippen molar-refractivity contribution in [3.63, 3.8) is 0 Å². The molecule has 33 heavy (non-hydrogen) atoms. The monoisotopic (exact) mass is 437 g/mol. The molecule has 5 rings (SSSR count). The van der Waals surface area contributed by atoms with Gasteiger partial charge in [-0.2, -0.15) is 0 Å². The largest absolute Gasteiger partial charge is 0.497 e. The Labute approximate surface area is 191 Å². The number of ether oxygens (including phenoxy) is 1. The fourth-order valence-electron chi connectivity index (χ4n) is 4.20. The lowest BCUT2D eigenvalue weighted by molar-refractivity contribution is 0.0988. The van der Waals surface area contributed by atoms with Gasteiger partial charge in [0.25, 0.3) is 11.8 Å². The van der Waals surface area contributed by atoms with Gasteiger partial charge in [-0.3, -0.25) is 14.6 Å². The van der Waals surface area contributed by atoms with Gasteiger partial charge in [0.05, 0.1) is 23.9 Å². The Bertz CT molecular complexity index is 1380. The van der Waals surface area contributed by atoms with Gasteiger partial charge in [0, 0.05) is 34.9 Å². The van der Waals surface area contributed by atoms with E-state index in [1.54, 1.807) is 31.4 Å². The van der Waals surface area contributed by atoms with Crippen molar-refractivity contribution in [3.8, 4) is 5.75 Å². The standard InChI is InChI=1S/C27H23N3O3/c1-17-23(15-20-9-12-22(33-2)16-24(20)28-17)26(31)29-21-10-7-19(8-11-21)27(32)30-14-13-18-5-3-4-6-25(18)30/h3-12,15-16H,13-14H2,1-2H3,(H,29,31). The Morgan fingerprint density at radius 2 is 1.79 bits per heavy atom. The predicted molar refractivity (Wildman–Crippen MR) is 129 cm³/mol. The highest BCUT2D eigenvalue weighted by atomic mass is 16.5. The summed E-state index contributed by atoms with van der Waals surface area (Å²) in [4.78, 5) is 32.3. The molecule has 0 saturated heterocycles. The molecule has 0 unspecified atom stereocenters. The van der Waals surface area contributed by atoms with Gasteiger partial charge in [-0.1, -0.05) is 18.2 Å². The van der Waals surface area contributed by atoms with Crippen LogP contribution < -0.4 is 15.0 Å². The number of aryl methyl sites for hydroxylation is 1. The molecule has 3 aromatic carbocycles. The van der Waals surface area contributed by atoms with Crippen molar-refractivity contribution in [2.45, 2.75) is 13.3 Å². The third-order valence-electron chi connectivity index (χ3n) is 5.98. The molecule has 4 aromatic rings. The second kappa shape index (κ2) is 8.39. The van der Waals surface area contributed by atoms with E-state index in [4.69, 9.17) is 4.74 Å². The molecule has 0 radical (unpaired) electrons. The summed E-state index contributed by atoms with van der Waals surface area (Å²) in [6.45, 7) is 2.49. The third-order valence-corrected chi connectivity index (χ3v) is 5.98. The number of hydrogen-bond acceptors (Lipinski definition) is 4. The minimum Gasteiger partial charge on any atom is -0.497 e. The fourth-order valence-corrected chi connectivity index (χ4v) is 4.20. The summed E-state index contributed by atoms with van der Waals surface area (Å²) in [6, 6.07) is 22.4. The maximum absolute atomic E-state index is 13.0. The molecule has 1 N–H and O–H groups in total. The van der Waals surface area contributed by atoms with E-state index in [0.29, 0.717) is 29.1 Å². The van der Waals surface area contributed by atoms with Crippen molar-refractivity contribution in [1.82, 2.24) is 4.98 Å². The first kappa shape index (κ1) is 20.7. The van der Waals surface area contributed by atoms with Gasteiger partial charge in [0.15, 0.2) is 0 Å². The van der Waals surface area contributed by atoms with E-state index in [0.717, 1.165) is 28.8 Å². The van der Waals surface area contributed by atoms with Gasteiger partial charge in [0.2, 0.25) is 0 Å². The van der Waals surface area contributed by atoms with E-state index in [1.807, 2.05) is 54.3 Å². The zero-order valence-electron chi connectivity index (χ0n) is 18.5. The number of carbonyl (C=O) groups is 2. The first-order chi connectivity index (χ1) is 16.0. The zero-order chi connectivity index (χ0) is 22.9. The van der Waals surface area contributed by atoms with Crippen LogP contribution in [0.1, 0.15) is 32.0 Å². The SMILES string of the molecule is COc1ccc2cc(C(=O)Nc3ccc(C(=O)N4CCc5ccccc54)cc3)c(C)nc2c1. The number of nitrogens with zero attached hydrogens (tertiary/aromatic N) is 2. The van der Waals surface area contributed by atoms with Crippen molar-refractivity contribution in [1.29, 1.82) is 0 Å². The summed E-state index contributed by atoms with van der Waals surface area (Å²) in [6.07, 6.45) is 0.863. The number of aromatic nitrogens is 1. The van der Waals surface area contributed by atoms with Crippen LogP contribution in [0.3, 0.4) is 0 Å². The molecule has 2 heterocycles. The number of anilines is 2. The molecule has 2 amide bonds. The molecular formula is C27H23N3O3. The summed E-state index contributed by atoms with van der Waals surface area (Å²) < 4.78 is 5.25. The molecular weight excluding hydrogens is 414 g/mol. The van der Waals surface area contributed by atoms with Gasteiger partial charge >= 0.3 is 0 Å². The average Bonchev–Trinajstić information content (AvgIpc) is 3.27. The summed E-state index contributed by atoms with van der Waals surface area (Å²) in [7, 11) is 1.61. The number of hydrogen-bond donors (Lipinski definition) is 1. The normalized spacial score (nSPS) is 12.5. The lowest BCUT2D eigenvalue weighted by atomic mass is 10.1. The van der Waals surface area contributed by atoms with Crippen LogP contribution in [-0.2, 0) is 6.42 Å². The lowest BCUT2D eigenvalue weighted by Crippen LogP contribution is -2.28. The number of methoxy groups -OCH3 is 1. The van der Waals surface area contributed by atoms with Crippen LogP contribution in [0.4, 0.5) is 11.4 Å². The van der Waals surface area contributed by atoms with Crippen molar-refractivity contribution in [3.05, 3.63) is 95.2 Å². The number of carbonyl (C=O) groups excluding carboxylic acids is 2. The van der Waals surface area contributed by atoms with Gasteiger partial charge in [0.1, 0.15) is 5.75 Å². The minimum absolute atomic E-state index is 0.0390. The van der Waals surface area contributed by atoms with E-state index >= 15 is 0 Å². The lowest BCUT2D eigenvalue weighted by Gasteiger charge is -2.17. The number of pyridine rings is 1. The van der Waals surface area contributed by atoms with Crippen LogP contribution in [-0.4, -0.2) is 30.5 Å². The number of fused-ring (bicyclic) bond motifs is 2. The van der Waals surface area contributed by atoms with Gasteiger partial charge in [-0.05, 0) is 67.4 Å². The van der Waals surface area contributed by atoms with Crippen LogP contribution in [0.5, 0.6) is 5.75 Å². The Morgan fingerprint density at radius 1 is 1.00 bits per heavy atom. The third kappa shape index (κ3) is 3.91. The minimum atomic E-state index is -0.245. The Balaban J connectivity index is 1.33. The van der Waals surface area contributed by atoms with Crippen molar-refractivity contribution in [2.24, 2.45) is 0 Å². The molecule has 1 aromatic heterocycles. The summed E-state index contributed by atoms with van der Waals surface area (Å²) in [5.41, 5.74) is 5.27. The molecule has 0 aliphatic carbocycles. The molecule has 6 heteroatoms. The van der Waals surface area contributed by atoms with Crippen molar-refractivity contribution >= 4 is 34.1 Å². The molecule has 0 bridgehead atoms. The second-order valence-electron chi connectivity index (χ2n) is 8.05. The first-order valence-corrected chi connectivity index (χ1v) is 10.8. The summed E-state index contributed by atoms with van der Waals surface area (Å²) in [5, 5.41) is 3.77. The number of benzene rings is 3. The van der Waals surface area contributed by atoms with Crippen LogP contribution in [0.2, 0.25) is 0 Å². The van der Waals surface area contributed by atoms with Gasteiger partial charge in [-0.25, -0.2) is 0 Å². The molecule has 1 aliphatic rings. The topological polar surface area (TPSA) is 71.5 Å². The Kier molecular flexibility index (Phi) is 5.26. The number of para-hydroxylation sites is 1.